The topological polar surface area (TPSA) is 63.7 Å². The van der Waals surface area contributed by atoms with Gasteiger partial charge in [0.05, 0.1) is 18.1 Å². The van der Waals surface area contributed by atoms with Crippen molar-refractivity contribution in [2.24, 2.45) is 5.92 Å². The number of carbonyl (C=O) groups is 1. The molecule has 1 aliphatic rings. The number of likely N-dealkylation sites (tertiary alicyclic amines) is 1. The SMILES string of the molecule is COc1ccc(Br)cc1CCC(=O)N1CCC(S(=O)(=O)CC(C)C)CC1. The number of methoxy groups -OCH3 is 1. The number of benzene rings is 1. The van der Waals surface area contributed by atoms with E-state index in [1.54, 1.807) is 12.0 Å². The number of amides is 1. The molecule has 0 aromatic heterocycles. The van der Waals surface area contributed by atoms with E-state index in [9.17, 15) is 13.2 Å². The largest absolute Gasteiger partial charge is 0.496 e. The molecule has 0 saturated carbocycles. The Balaban J connectivity index is 1.88. The van der Waals surface area contributed by atoms with Gasteiger partial charge in [0.25, 0.3) is 0 Å². The fourth-order valence-electron chi connectivity index (χ4n) is 3.41. The Hall–Kier alpha value is -1.08. The highest BCUT2D eigenvalue weighted by molar-refractivity contribution is 9.10. The maximum atomic E-state index is 12.5. The Labute approximate surface area is 165 Å². The Bertz CT molecular complexity index is 725. The van der Waals surface area contributed by atoms with Crippen molar-refractivity contribution in [2.75, 3.05) is 26.0 Å². The summed E-state index contributed by atoms with van der Waals surface area (Å²) in [6.07, 6.45) is 2.09. The maximum absolute atomic E-state index is 12.5. The summed E-state index contributed by atoms with van der Waals surface area (Å²) in [7, 11) is -1.44. The standard InChI is InChI=1S/C19H28BrNO4S/c1-14(2)13-26(23,24)17-8-10-21(11-9-17)19(22)7-4-15-12-16(20)5-6-18(15)25-3/h5-6,12,14,17H,4,7-11,13H2,1-3H3. The first kappa shape index (κ1) is 21.2. The van der Waals surface area contributed by atoms with E-state index >= 15 is 0 Å². The van der Waals surface area contributed by atoms with Gasteiger partial charge in [0.2, 0.25) is 5.91 Å². The third kappa shape index (κ3) is 5.71. The minimum Gasteiger partial charge on any atom is -0.496 e. The molecule has 0 radical (unpaired) electrons. The molecule has 1 aliphatic heterocycles. The van der Waals surface area contributed by atoms with Crippen LogP contribution in [-0.2, 0) is 21.1 Å². The van der Waals surface area contributed by atoms with Crippen LogP contribution in [0.5, 0.6) is 5.75 Å². The molecule has 5 nitrogen and oxygen atoms in total. The highest BCUT2D eigenvalue weighted by atomic mass is 79.9. The third-order valence-electron chi connectivity index (χ3n) is 4.72. The number of rotatable bonds is 7. The summed E-state index contributed by atoms with van der Waals surface area (Å²) < 4.78 is 31.0. The van der Waals surface area contributed by atoms with Crippen LogP contribution >= 0.6 is 15.9 Å². The number of sulfone groups is 1. The fraction of sp³-hybridized carbons (Fsp3) is 0.632. The van der Waals surface area contributed by atoms with Crippen LogP contribution in [0.2, 0.25) is 0 Å². The van der Waals surface area contributed by atoms with E-state index in [0.717, 1.165) is 15.8 Å². The van der Waals surface area contributed by atoms with Gasteiger partial charge < -0.3 is 9.64 Å². The third-order valence-corrected chi connectivity index (χ3v) is 7.83. The van der Waals surface area contributed by atoms with E-state index in [-0.39, 0.29) is 22.8 Å². The predicted molar refractivity (Wildman–Crippen MR) is 107 cm³/mol. The molecule has 1 amide bonds. The zero-order valence-electron chi connectivity index (χ0n) is 15.7. The highest BCUT2D eigenvalue weighted by Crippen LogP contribution is 2.25. The van der Waals surface area contributed by atoms with Gasteiger partial charge in [-0.2, -0.15) is 0 Å². The number of nitrogens with zero attached hydrogens (tertiary/aromatic N) is 1. The first-order valence-electron chi connectivity index (χ1n) is 9.04. The first-order chi connectivity index (χ1) is 12.2. The molecule has 7 heteroatoms. The van der Waals surface area contributed by atoms with E-state index in [2.05, 4.69) is 15.9 Å². The van der Waals surface area contributed by atoms with Gasteiger partial charge in [0, 0.05) is 24.0 Å². The molecule has 1 fully saturated rings. The molecule has 2 rings (SSSR count). The van der Waals surface area contributed by atoms with Gasteiger partial charge in [0.1, 0.15) is 5.75 Å². The number of ether oxygens (including phenoxy) is 1. The van der Waals surface area contributed by atoms with E-state index < -0.39 is 9.84 Å². The summed E-state index contributed by atoms with van der Waals surface area (Å²) in [4.78, 5) is 14.3. The van der Waals surface area contributed by atoms with Gasteiger partial charge in [-0.05, 0) is 48.9 Å². The molecule has 1 heterocycles. The normalized spacial score (nSPS) is 16.1. The molecule has 0 N–H and O–H groups in total. The Kier molecular flexibility index (Phi) is 7.52. The quantitative estimate of drug-likeness (QED) is 0.644. The van der Waals surface area contributed by atoms with Crippen molar-refractivity contribution in [2.45, 2.75) is 44.8 Å². The van der Waals surface area contributed by atoms with Crippen molar-refractivity contribution >= 4 is 31.7 Å². The van der Waals surface area contributed by atoms with Crippen LogP contribution in [0.3, 0.4) is 0 Å². The fourth-order valence-corrected chi connectivity index (χ4v) is 5.95. The number of hydrogen-bond acceptors (Lipinski definition) is 4. The monoisotopic (exact) mass is 445 g/mol. The van der Waals surface area contributed by atoms with Crippen LogP contribution in [0.4, 0.5) is 0 Å². The van der Waals surface area contributed by atoms with E-state index in [1.165, 1.54) is 0 Å². The van der Waals surface area contributed by atoms with Crippen molar-refractivity contribution in [3.8, 4) is 5.75 Å². The summed E-state index contributed by atoms with van der Waals surface area (Å²) >= 11 is 3.44. The van der Waals surface area contributed by atoms with Crippen LogP contribution in [0, 0.1) is 5.92 Å². The average Bonchev–Trinajstić information content (AvgIpc) is 2.59. The molecule has 146 valence electrons. The zero-order chi connectivity index (χ0) is 19.3. The van der Waals surface area contributed by atoms with E-state index in [0.29, 0.717) is 38.8 Å². The summed E-state index contributed by atoms with van der Waals surface area (Å²) in [6.45, 7) is 4.89. The number of aryl methyl sites for hydroxylation is 1. The molecule has 1 aromatic rings. The van der Waals surface area contributed by atoms with Crippen molar-refractivity contribution in [3.05, 3.63) is 28.2 Å². The predicted octanol–water partition coefficient (Wildman–Crippen LogP) is 3.45. The van der Waals surface area contributed by atoms with Crippen molar-refractivity contribution in [1.29, 1.82) is 0 Å². The van der Waals surface area contributed by atoms with Crippen molar-refractivity contribution in [1.82, 2.24) is 4.90 Å². The molecular weight excluding hydrogens is 418 g/mol. The number of halogens is 1. The molecule has 0 unspecified atom stereocenters. The minimum atomic E-state index is -3.06. The van der Waals surface area contributed by atoms with Crippen LogP contribution in [0.15, 0.2) is 22.7 Å². The summed E-state index contributed by atoms with van der Waals surface area (Å²) in [5.41, 5.74) is 0.990. The first-order valence-corrected chi connectivity index (χ1v) is 11.6. The lowest BCUT2D eigenvalue weighted by molar-refractivity contribution is -0.132. The Morgan fingerprint density at radius 2 is 1.96 bits per heavy atom. The van der Waals surface area contributed by atoms with Gasteiger partial charge in [0.15, 0.2) is 9.84 Å². The molecule has 0 bridgehead atoms. The number of carbonyl (C=O) groups excluding carboxylic acids is 1. The smallest absolute Gasteiger partial charge is 0.222 e. The van der Waals surface area contributed by atoms with E-state index in [4.69, 9.17) is 4.74 Å². The summed E-state index contributed by atoms with van der Waals surface area (Å²) in [5, 5.41) is -0.306. The number of piperidine rings is 1. The second-order valence-electron chi connectivity index (χ2n) is 7.26. The lowest BCUT2D eigenvalue weighted by Gasteiger charge is -2.32. The van der Waals surface area contributed by atoms with Gasteiger partial charge in [-0.15, -0.1) is 0 Å². The zero-order valence-corrected chi connectivity index (χ0v) is 18.1. The highest BCUT2D eigenvalue weighted by Gasteiger charge is 2.31. The van der Waals surface area contributed by atoms with Crippen LogP contribution in [0.25, 0.3) is 0 Å². The molecule has 0 aliphatic carbocycles. The maximum Gasteiger partial charge on any atom is 0.222 e. The molecule has 0 atom stereocenters. The van der Waals surface area contributed by atoms with Crippen LogP contribution in [-0.4, -0.2) is 50.4 Å². The summed E-state index contributed by atoms with van der Waals surface area (Å²) in [6, 6.07) is 5.76. The van der Waals surface area contributed by atoms with Crippen LogP contribution < -0.4 is 4.74 Å². The Morgan fingerprint density at radius 1 is 1.31 bits per heavy atom. The van der Waals surface area contributed by atoms with Gasteiger partial charge >= 0.3 is 0 Å². The molecule has 26 heavy (non-hydrogen) atoms. The number of hydrogen-bond donors (Lipinski definition) is 0. The molecule has 0 spiro atoms. The second kappa shape index (κ2) is 9.22. The van der Waals surface area contributed by atoms with Gasteiger partial charge in [-0.25, -0.2) is 8.42 Å². The summed E-state index contributed by atoms with van der Waals surface area (Å²) in [5.74, 6) is 1.22. The van der Waals surface area contributed by atoms with Gasteiger partial charge in [-0.3, -0.25) is 4.79 Å². The second-order valence-corrected chi connectivity index (χ2v) is 10.5. The lowest BCUT2D eigenvalue weighted by atomic mass is 10.1. The minimum absolute atomic E-state index is 0.0757. The van der Waals surface area contributed by atoms with Gasteiger partial charge in [-0.1, -0.05) is 29.8 Å². The van der Waals surface area contributed by atoms with Crippen molar-refractivity contribution in [3.63, 3.8) is 0 Å². The Morgan fingerprint density at radius 3 is 2.54 bits per heavy atom. The molecule has 1 aromatic carbocycles. The van der Waals surface area contributed by atoms with Crippen LogP contribution in [0.1, 0.15) is 38.7 Å². The molecule has 1 saturated heterocycles. The van der Waals surface area contributed by atoms with E-state index in [1.807, 2.05) is 32.0 Å². The lowest BCUT2D eigenvalue weighted by Crippen LogP contribution is -2.43. The van der Waals surface area contributed by atoms with Crippen molar-refractivity contribution < 1.29 is 17.9 Å². The average molecular weight is 446 g/mol. The molecular formula is C19H28BrNO4S.